The van der Waals surface area contributed by atoms with Crippen LogP contribution in [-0.4, -0.2) is 28.3 Å². The molecule has 0 atom stereocenters. The largest absolute Gasteiger partial charge is 0.478 e. The molecule has 0 saturated carbocycles. The second-order valence-electron chi connectivity index (χ2n) is 7.45. The molecule has 0 amide bonds. The zero-order valence-corrected chi connectivity index (χ0v) is 17.0. The van der Waals surface area contributed by atoms with Crippen molar-refractivity contribution in [3.8, 4) is 0 Å². The molecule has 152 valence electrons. The Morgan fingerprint density at radius 1 is 0.893 bits per heavy atom. The fourth-order valence-electron chi connectivity index (χ4n) is 3.59. The van der Waals surface area contributed by atoms with Crippen LogP contribution in [0.25, 0.3) is 0 Å². The van der Waals surface area contributed by atoms with Gasteiger partial charge in [-0.2, -0.15) is 0 Å². The van der Waals surface area contributed by atoms with Crippen LogP contribution in [0, 0.1) is 0 Å². The van der Waals surface area contributed by atoms with Crippen molar-refractivity contribution in [3.63, 3.8) is 0 Å². The number of carboxylic acids is 1. The first-order valence-corrected chi connectivity index (χ1v) is 10.7. The van der Waals surface area contributed by atoms with Crippen LogP contribution in [0.3, 0.4) is 0 Å². The van der Waals surface area contributed by atoms with Gasteiger partial charge in [-0.3, -0.25) is 4.79 Å². The van der Waals surface area contributed by atoms with Crippen LogP contribution in [0.15, 0.2) is 59.5 Å². The number of carboxylic acid groups (broad SMARTS) is 1. The van der Waals surface area contributed by atoms with Crippen LogP contribution < -0.4 is 0 Å². The fourth-order valence-corrected chi connectivity index (χ4v) is 3.59. The number of ketones is 1. The summed E-state index contributed by atoms with van der Waals surface area (Å²) in [7, 11) is 0. The van der Waals surface area contributed by atoms with Crippen molar-refractivity contribution in [2.24, 2.45) is 0 Å². The highest BCUT2D eigenvalue weighted by Crippen LogP contribution is 2.24. The molecule has 1 aliphatic carbocycles. The molecule has 0 saturated heterocycles. The maximum Gasteiger partial charge on any atom is 0.339 e. The third kappa shape index (κ3) is 6.66. The number of rotatable bonds is 12. The third-order valence-corrected chi connectivity index (χ3v) is 5.21. The first kappa shape index (κ1) is 21.9. The summed E-state index contributed by atoms with van der Waals surface area (Å²) >= 11 is 0. The number of allylic oxidation sites excluding steroid dienone is 7. The molecule has 0 unspecified atom stereocenters. The van der Waals surface area contributed by atoms with Crippen molar-refractivity contribution in [1.29, 1.82) is 0 Å². The molecule has 4 nitrogen and oxygen atoms in total. The molecule has 28 heavy (non-hydrogen) atoms. The molecule has 1 N–H and O–H groups in total. The first-order chi connectivity index (χ1) is 13.6. The van der Waals surface area contributed by atoms with Crippen LogP contribution in [0.1, 0.15) is 71.1 Å². The Morgan fingerprint density at radius 2 is 1.54 bits per heavy atom. The number of carbonyl (C=O) groups excluding carboxylic acids is 1. The van der Waals surface area contributed by atoms with Crippen molar-refractivity contribution in [2.45, 2.75) is 71.1 Å². The van der Waals surface area contributed by atoms with E-state index in [2.05, 4.69) is 11.8 Å². The lowest BCUT2D eigenvalue weighted by Crippen LogP contribution is -2.24. The zero-order valence-electron chi connectivity index (χ0n) is 17.0. The van der Waals surface area contributed by atoms with Gasteiger partial charge in [0.05, 0.1) is 5.70 Å². The molecule has 0 aromatic carbocycles. The van der Waals surface area contributed by atoms with Gasteiger partial charge in [0.15, 0.2) is 0 Å². The van der Waals surface area contributed by atoms with E-state index in [9.17, 15) is 14.7 Å². The Balaban J connectivity index is 1.79. The normalized spacial score (nSPS) is 18.7. The van der Waals surface area contributed by atoms with E-state index in [0.29, 0.717) is 5.57 Å². The maximum atomic E-state index is 12.5. The van der Waals surface area contributed by atoms with Crippen molar-refractivity contribution in [2.75, 3.05) is 6.54 Å². The number of aliphatic carboxylic acids is 1. The van der Waals surface area contributed by atoms with Crippen molar-refractivity contribution >= 4 is 11.8 Å². The standard InChI is InChI=1S/C24H33NO3/c1-2-3-4-5-6-7-8-9-10-12-18-25-19-13-11-17-22(25)20-15-14-16-21(23(20)26)24(27)28/h11,13-17,19H,2-10,12,18H2,1H3,(H,27,28)/b22-20+. The summed E-state index contributed by atoms with van der Waals surface area (Å²) in [6.45, 7) is 3.08. The summed E-state index contributed by atoms with van der Waals surface area (Å²) in [5.41, 5.74) is 1.06. The van der Waals surface area contributed by atoms with E-state index >= 15 is 0 Å². The average molecular weight is 384 g/mol. The Labute approximate surface area is 169 Å². The predicted octanol–water partition coefficient (Wildman–Crippen LogP) is 5.70. The van der Waals surface area contributed by atoms with Gasteiger partial charge in [0.1, 0.15) is 5.57 Å². The zero-order chi connectivity index (χ0) is 20.2. The highest BCUT2D eigenvalue weighted by atomic mass is 16.4. The van der Waals surface area contributed by atoms with Gasteiger partial charge in [-0.25, -0.2) is 4.79 Å². The molecular formula is C24H33NO3. The van der Waals surface area contributed by atoms with Gasteiger partial charge >= 0.3 is 5.97 Å². The van der Waals surface area contributed by atoms with Gasteiger partial charge in [0.25, 0.3) is 0 Å². The summed E-state index contributed by atoms with van der Waals surface area (Å²) in [5.74, 6) is -1.60. The minimum absolute atomic E-state index is 0.174. The minimum Gasteiger partial charge on any atom is -0.478 e. The van der Waals surface area contributed by atoms with Gasteiger partial charge in [-0.1, -0.05) is 76.9 Å². The van der Waals surface area contributed by atoms with E-state index in [1.54, 1.807) is 12.2 Å². The summed E-state index contributed by atoms with van der Waals surface area (Å²) in [6.07, 6.45) is 25.3. The molecule has 1 heterocycles. The van der Waals surface area contributed by atoms with E-state index in [-0.39, 0.29) is 5.57 Å². The molecule has 0 aromatic rings. The van der Waals surface area contributed by atoms with Crippen molar-refractivity contribution in [3.05, 3.63) is 59.5 Å². The number of hydrogen-bond acceptors (Lipinski definition) is 3. The molecule has 0 spiro atoms. The van der Waals surface area contributed by atoms with Crippen molar-refractivity contribution in [1.82, 2.24) is 4.90 Å². The lowest BCUT2D eigenvalue weighted by molar-refractivity contribution is -0.134. The Bertz CT molecular complexity index is 695. The van der Waals surface area contributed by atoms with Crippen LogP contribution in [0.2, 0.25) is 0 Å². The maximum absolute atomic E-state index is 12.5. The SMILES string of the molecule is CCCCCCCCCCCCN1C=CC=C/C1=C1/C=CC=C(C(=O)O)C1=O. The monoisotopic (exact) mass is 383 g/mol. The highest BCUT2D eigenvalue weighted by molar-refractivity contribution is 6.25. The van der Waals surface area contributed by atoms with E-state index in [1.165, 1.54) is 63.9 Å². The summed E-state index contributed by atoms with van der Waals surface area (Å²) in [6, 6.07) is 0. The topological polar surface area (TPSA) is 57.6 Å². The lowest BCUT2D eigenvalue weighted by Gasteiger charge is -2.26. The smallest absolute Gasteiger partial charge is 0.339 e. The second-order valence-corrected chi connectivity index (χ2v) is 7.45. The highest BCUT2D eigenvalue weighted by Gasteiger charge is 2.25. The number of nitrogens with zero attached hydrogens (tertiary/aromatic N) is 1. The van der Waals surface area contributed by atoms with Crippen molar-refractivity contribution < 1.29 is 14.7 Å². The number of Topliss-reactive ketones (excluding diaryl/α,β-unsaturated/α-hetero) is 1. The molecular weight excluding hydrogens is 350 g/mol. The summed E-state index contributed by atoms with van der Waals surface area (Å²) < 4.78 is 0. The Hall–Kier alpha value is -2.36. The number of unbranched alkanes of at least 4 members (excludes halogenated alkanes) is 9. The lowest BCUT2D eigenvalue weighted by atomic mass is 9.95. The number of hydrogen-bond donors (Lipinski definition) is 1. The van der Waals surface area contributed by atoms with Crippen LogP contribution in [0.4, 0.5) is 0 Å². The number of carbonyl (C=O) groups is 2. The second kappa shape index (κ2) is 12.2. The van der Waals surface area contributed by atoms with E-state index < -0.39 is 11.8 Å². The van der Waals surface area contributed by atoms with Crippen LogP contribution >= 0.6 is 0 Å². The molecule has 0 fully saturated rings. The third-order valence-electron chi connectivity index (χ3n) is 5.21. The molecule has 0 bridgehead atoms. The van der Waals surface area contributed by atoms with Gasteiger partial charge in [-0.05, 0) is 30.7 Å². The molecule has 0 radical (unpaired) electrons. The molecule has 4 heteroatoms. The van der Waals surface area contributed by atoms with E-state index in [1.807, 2.05) is 24.4 Å². The molecule has 2 aliphatic rings. The Kier molecular flexibility index (Phi) is 9.53. The van der Waals surface area contributed by atoms with Gasteiger partial charge in [-0.15, -0.1) is 0 Å². The fraction of sp³-hybridized carbons (Fsp3) is 0.500. The minimum atomic E-state index is -1.18. The molecule has 1 aliphatic heterocycles. The van der Waals surface area contributed by atoms with Gasteiger partial charge in [0, 0.05) is 18.3 Å². The predicted molar refractivity (Wildman–Crippen MR) is 114 cm³/mol. The van der Waals surface area contributed by atoms with Crippen LogP contribution in [0.5, 0.6) is 0 Å². The van der Waals surface area contributed by atoms with E-state index in [0.717, 1.165) is 18.7 Å². The average Bonchev–Trinajstić information content (AvgIpc) is 2.70. The van der Waals surface area contributed by atoms with Gasteiger partial charge in [0.2, 0.25) is 5.78 Å². The van der Waals surface area contributed by atoms with Crippen LogP contribution in [-0.2, 0) is 9.59 Å². The quantitative estimate of drug-likeness (QED) is 0.267. The summed E-state index contributed by atoms with van der Waals surface area (Å²) in [5, 5.41) is 9.20. The van der Waals surface area contributed by atoms with Gasteiger partial charge < -0.3 is 10.0 Å². The summed E-state index contributed by atoms with van der Waals surface area (Å²) in [4.78, 5) is 25.8. The molecule has 0 aromatic heterocycles. The first-order valence-electron chi connectivity index (χ1n) is 10.7. The Morgan fingerprint density at radius 3 is 2.18 bits per heavy atom. The van der Waals surface area contributed by atoms with E-state index in [4.69, 9.17) is 0 Å². The molecule has 2 rings (SSSR count).